The minimum absolute atomic E-state index is 0.270. The zero-order valence-corrected chi connectivity index (χ0v) is 12.0. The zero-order chi connectivity index (χ0) is 13.7. The monoisotopic (exact) mass is 280 g/mol. The van der Waals surface area contributed by atoms with Crippen LogP contribution in [-0.2, 0) is 14.6 Å². The molecule has 0 aliphatic carbocycles. The Balaban J connectivity index is 1.92. The van der Waals surface area contributed by atoms with Gasteiger partial charge in [-0.25, -0.2) is 8.42 Å². The van der Waals surface area contributed by atoms with Crippen molar-refractivity contribution in [3.63, 3.8) is 0 Å². The van der Waals surface area contributed by atoms with E-state index in [-0.39, 0.29) is 11.9 Å². The molecule has 0 amide bonds. The highest BCUT2D eigenvalue weighted by Gasteiger charge is 2.28. The molecule has 1 aliphatic heterocycles. The first-order valence-electron chi connectivity index (χ1n) is 6.65. The van der Waals surface area contributed by atoms with Gasteiger partial charge in [0.2, 0.25) is 0 Å². The van der Waals surface area contributed by atoms with Crippen molar-refractivity contribution in [3.05, 3.63) is 42.2 Å². The summed E-state index contributed by atoms with van der Waals surface area (Å²) in [6.45, 7) is 2.23. The van der Waals surface area contributed by atoms with Crippen LogP contribution in [0.25, 0.3) is 5.57 Å². The molecule has 3 nitrogen and oxygen atoms in total. The second-order valence-electron chi connectivity index (χ2n) is 4.98. The third-order valence-corrected chi connectivity index (χ3v) is 5.73. The van der Waals surface area contributed by atoms with Crippen LogP contribution in [0.1, 0.15) is 31.7 Å². The largest absolute Gasteiger partial charge is 0.500 e. The molecule has 0 bridgehead atoms. The quantitative estimate of drug-likeness (QED) is 0.796. The topological polar surface area (TPSA) is 43.4 Å². The van der Waals surface area contributed by atoms with E-state index >= 15 is 0 Å². The Kier molecular flexibility index (Phi) is 4.64. The van der Waals surface area contributed by atoms with Gasteiger partial charge in [-0.1, -0.05) is 36.8 Å². The Bertz CT molecular complexity index is 532. The first-order valence-corrected chi connectivity index (χ1v) is 8.36. The summed E-state index contributed by atoms with van der Waals surface area (Å²) in [5.74, 6) is 0.308. The zero-order valence-electron chi connectivity index (χ0n) is 11.2. The van der Waals surface area contributed by atoms with Gasteiger partial charge in [0.15, 0.2) is 9.84 Å². The molecule has 0 spiro atoms. The molecule has 1 aliphatic rings. The van der Waals surface area contributed by atoms with Crippen LogP contribution in [0.15, 0.2) is 36.6 Å². The fourth-order valence-corrected chi connectivity index (χ4v) is 4.01. The fourth-order valence-electron chi connectivity index (χ4n) is 2.26. The molecule has 1 aromatic rings. The van der Waals surface area contributed by atoms with Crippen LogP contribution in [-0.4, -0.2) is 26.0 Å². The van der Waals surface area contributed by atoms with E-state index in [1.807, 2.05) is 37.3 Å². The maximum atomic E-state index is 11.8. The van der Waals surface area contributed by atoms with Crippen LogP contribution in [0.2, 0.25) is 0 Å². The average Bonchev–Trinajstić information content (AvgIpc) is 2.41. The SMILES string of the molecule is C/C(=C/OCC1CCCCS1(=O)=O)c1ccccc1. The molecule has 0 aromatic heterocycles. The predicted molar refractivity (Wildman–Crippen MR) is 77.5 cm³/mol. The molecule has 0 saturated carbocycles. The van der Waals surface area contributed by atoms with Crippen LogP contribution in [0.4, 0.5) is 0 Å². The lowest BCUT2D eigenvalue weighted by atomic mass is 10.1. The molecule has 1 atom stereocenters. The molecule has 4 heteroatoms. The Labute approximate surface area is 115 Å². The molecule has 2 rings (SSSR count). The lowest BCUT2D eigenvalue weighted by Gasteiger charge is -2.21. The molecule has 19 heavy (non-hydrogen) atoms. The van der Waals surface area contributed by atoms with Crippen LogP contribution in [0.3, 0.4) is 0 Å². The average molecular weight is 280 g/mol. The number of hydrogen-bond acceptors (Lipinski definition) is 3. The van der Waals surface area contributed by atoms with E-state index in [1.165, 1.54) is 0 Å². The lowest BCUT2D eigenvalue weighted by molar-refractivity contribution is 0.241. The van der Waals surface area contributed by atoms with Crippen LogP contribution in [0, 0.1) is 0 Å². The molecule has 1 aromatic carbocycles. The lowest BCUT2D eigenvalue weighted by Crippen LogP contribution is -2.31. The molecule has 1 saturated heterocycles. The van der Waals surface area contributed by atoms with E-state index in [0.717, 1.165) is 30.4 Å². The number of benzene rings is 1. The standard InChI is InChI=1S/C15H20O3S/c1-13(14-7-3-2-4-8-14)11-18-12-15-9-5-6-10-19(15,16)17/h2-4,7-8,11,15H,5-6,9-10,12H2,1H3/b13-11-. The molecule has 1 heterocycles. The van der Waals surface area contributed by atoms with Crippen molar-refractivity contribution in [2.45, 2.75) is 31.4 Å². The Morgan fingerprint density at radius 2 is 2.05 bits per heavy atom. The van der Waals surface area contributed by atoms with E-state index in [2.05, 4.69) is 0 Å². The van der Waals surface area contributed by atoms with Crippen LogP contribution in [0.5, 0.6) is 0 Å². The normalized spacial score (nSPS) is 23.0. The van der Waals surface area contributed by atoms with Gasteiger partial charge in [0.05, 0.1) is 17.3 Å². The van der Waals surface area contributed by atoms with Crippen molar-refractivity contribution >= 4 is 15.4 Å². The summed E-state index contributed by atoms with van der Waals surface area (Å²) in [5, 5.41) is -0.332. The fraction of sp³-hybridized carbons (Fsp3) is 0.467. The maximum absolute atomic E-state index is 11.8. The third kappa shape index (κ3) is 3.83. The highest BCUT2D eigenvalue weighted by atomic mass is 32.2. The van der Waals surface area contributed by atoms with Crippen molar-refractivity contribution in [2.75, 3.05) is 12.4 Å². The van der Waals surface area contributed by atoms with Crippen molar-refractivity contribution in [1.82, 2.24) is 0 Å². The summed E-state index contributed by atoms with van der Waals surface area (Å²) >= 11 is 0. The first kappa shape index (κ1) is 14.1. The summed E-state index contributed by atoms with van der Waals surface area (Å²) in [5.41, 5.74) is 2.10. The summed E-state index contributed by atoms with van der Waals surface area (Å²) in [6.07, 6.45) is 4.16. The van der Waals surface area contributed by atoms with Gasteiger partial charge < -0.3 is 4.74 Å². The first-order chi connectivity index (χ1) is 9.09. The number of sulfone groups is 1. The van der Waals surface area contributed by atoms with E-state index in [0.29, 0.717) is 5.75 Å². The third-order valence-electron chi connectivity index (χ3n) is 3.48. The van der Waals surface area contributed by atoms with Gasteiger partial charge in [-0.15, -0.1) is 0 Å². The van der Waals surface area contributed by atoms with Crippen molar-refractivity contribution in [2.24, 2.45) is 0 Å². The smallest absolute Gasteiger partial charge is 0.156 e. The summed E-state index contributed by atoms with van der Waals surface area (Å²) in [4.78, 5) is 0. The van der Waals surface area contributed by atoms with Crippen LogP contribution < -0.4 is 0 Å². The second-order valence-corrected chi connectivity index (χ2v) is 7.39. The minimum atomic E-state index is -2.94. The number of rotatable bonds is 4. The van der Waals surface area contributed by atoms with Crippen molar-refractivity contribution in [1.29, 1.82) is 0 Å². The minimum Gasteiger partial charge on any atom is -0.500 e. The Morgan fingerprint density at radius 1 is 1.32 bits per heavy atom. The summed E-state index contributed by atoms with van der Waals surface area (Å²) in [7, 11) is -2.94. The van der Waals surface area contributed by atoms with Gasteiger partial charge in [-0.3, -0.25) is 0 Å². The summed E-state index contributed by atoms with van der Waals surface area (Å²) < 4.78 is 29.1. The van der Waals surface area contributed by atoms with Gasteiger partial charge in [0, 0.05) is 0 Å². The van der Waals surface area contributed by atoms with Gasteiger partial charge in [-0.2, -0.15) is 0 Å². The van der Waals surface area contributed by atoms with E-state index < -0.39 is 9.84 Å². The van der Waals surface area contributed by atoms with Gasteiger partial charge in [-0.05, 0) is 30.9 Å². The molecule has 1 unspecified atom stereocenters. The second kappa shape index (κ2) is 6.24. The highest BCUT2D eigenvalue weighted by Crippen LogP contribution is 2.20. The molecular formula is C15H20O3S. The van der Waals surface area contributed by atoms with E-state index in [4.69, 9.17) is 4.74 Å². The van der Waals surface area contributed by atoms with E-state index in [1.54, 1.807) is 6.26 Å². The predicted octanol–water partition coefficient (Wildman–Crippen LogP) is 3.03. The number of ether oxygens (including phenoxy) is 1. The molecule has 0 N–H and O–H groups in total. The maximum Gasteiger partial charge on any atom is 0.156 e. The molecule has 104 valence electrons. The van der Waals surface area contributed by atoms with Gasteiger partial charge >= 0.3 is 0 Å². The molecule has 0 radical (unpaired) electrons. The highest BCUT2D eigenvalue weighted by molar-refractivity contribution is 7.92. The van der Waals surface area contributed by atoms with Crippen molar-refractivity contribution in [3.8, 4) is 0 Å². The van der Waals surface area contributed by atoms with Gasteiger partial charge in [0.25, 0.3) is 0 Å². The Morgan fingerprint density at radius 3 is 2.74 bits per heavy atom. The van der Waals surface area contributed by atoms with Gasteiger partial charge in [0.1, 0.15) is 6.61 Å². The Hall–Kier alpha value is -1.29. The van der Waals surface area contributed by atoms with Crippen molar-refractivity contribution < 1.29 is 13.2 Å². The summed E-state index contributed by atoms with van der Waals surface area (Å²) in [6, 6.07) is 9.92. The van der Waals surface area contributed by atoms with E-state index in [9.17, 15) is 8.42 Å². The number of allylic oxidation sites excluding steroid dienone is 1. The number of hydrogen-bond donors (Lipinski definition) is 0. The molecule has 1 fully saturated rings. The van der Waals surface area contributed by atoms with Crippen LogP contribution >= 0.6 is 0 Å². The molecular weight excluding hydrogens is 260 g/mol.